The Bertz CT molecular complexity index is 1120. The van der Waals surface area contributed by atoms with E-state index in [1.165, 1.54) is 17.7 Å². The van der Waals surface area contributed by atoms with Crippen LogP contribution in [0.25, 0.3) is 11.1 Å². The SMILES string of the molecule is CC[C@@H](CC(=O)O)c1ccc(OC2CCc3ccc(-c4ccc(C(F)(F)F)cc4)cc32)cc1. The van der Waals surface area contributed by atoms with Crippen molar-refractivity contribution in [3.63, 3.8) is 0 Å². The van der Waals surface area contributed by atoms with Crippen LogP contribution in [0, 0.1) is 0 Å². The monoisotopic (exact) mass is 454 g/mol. The number of halogens is 3. The van der Waals surface area contributed by atoms with E-state index in [0.717, 1.165) is 53.6 Å². The molecule has 0 radical (unpaired) electrons. The number of carboxylic acids is 1. The Balaban J connectivity index is 1.51. The molecule has 2 atom stereocenters. The summed E-state index contributed by atoms with van der Waals surface area (Å²) >= 11 is 0. The number of carbonyl (C=O) groups is 1. The third-order valence-corrected chi connectivity index (χ3v) is 6.26. The average molecular weight is 454 g/mol. The Hall–Kier alpha value is -3.28. The Morgan fingerprint density at radius 2 is 1.70 bits per heavy atom. The van der Waals surface area contributed by atoms with Crippen molar-refractivity contribution >= 4 is 5.97 Å². The Labute approximate surface area is 190 Å². The number of fused-ring (bicyclic) bond motifs is 1. The van der Waals surface area contributed by atoms with Crippen LogP contribution in [0.4, 0.5) is 13.2 Å². The number of carboxylic acid groups (broad SMARTS) is 1. The molecule has 1 N–H and O–H groups in total. The average Bonchev–Trinajstić information content (AvgIpc) is 3.19. The highest BCUT2D eigenvalue weighted by molar-refractivity contribution is 5.68. The topological polar surface area (TPSA) is 46.5 Å². The van der Waals surface area contributed by atoms with E-state index in [9.17, 15) is 18.0 Å². The van der Waals surface area contributed by atoms with E-state index in [2.05, 4.69) is 0 Å². The molecule has 0 heterocycles. The summed E-state index contributed by atoms with van der Waals surface area (Å²) < 4.78 is 44.8. The van der Waals surface area contributed by atoms with Crippen molar-refractivity contribution < 1.29 is 27.8 Å². The van der Waals surface area contributed by atoms with Gasteiger partial charge in [0.05, 0.1) is 12.0 Å². The lowest BCUT2D eigenvalue weighted by Crippen LogP contribution is -2.06. The lowest BCUT2D eigenvalue weighted by Gasteiger charge is -2.18. The molecule has 0 spiro atoms. The normalized spacial score (nSPS) is 16.3. The maximum Gasteiger partial charge on any atom is 0.416 e. The van der Waals surface area contributed by atoms with Crippen LogP contribution < -0.4 is 4.74 Å². The second-order valence-electron chi connectivity index (χ2n) is 8.41. The van der Waals surface area contributed by atoms with Crippen LogP contribution >= 0.6 is 0 Å². The summed E-state index contributed by atoms with van der Waals surface area (Å²) in [4.78, 5) is 11.1. The second-order valence-corrected chi connectivity index (χ2v) is 8.41. The number of hydrogen-bond acceptors (Lipinski definition) is 2. The van der Waals surface area contributed by atoms with E-state index in [0.29, 0.717) is 5.75 Å². The molecule has 0 fully saturated rings. The van der Waals surface area contributed by atoms with E-state index in [-0.39, 0.29) is 18.4 Å². The largest absolute Gasteiger partial charge is 0.486 e. The number of aliphatic carboxylic acids is 1. The second kappa shape index (κ2) is 9.30. The highest BCUT2D eigenvalue weighted by Gasteiger charge is 2.30. The Morgan fingerprint density at radius 3 is 2.30 bits per heavy atom. The molecule has 0 bridgehead atoms. The van der Waals surface area contributed by atoms with Gasteiger partial charge in [-0.25, -0.2) is 0 Å². The van der Waals surface area contributed by atoms with Crippen molar-refractivity contribution in [3.05, 3.63) is 89.0 Å². The molecular weight excluding hydrogens is 429 g/mol. The lowest BCUT2D eigenvalue weighted by molar-refractivity contribution is -0.138. The summed E-state index contributed by atoms with van der Waals surface area (Å²) in [5.41, 5.74) is 4.13. The predicted octanol–water partition coefficient (Wildman–Crippen LogP) is 7.41. The van der Waals surface area contributed by atoms with Gasteiger partial charge >= 0.3 is 12.1 Å². The highest BCUT2D eigenvalue weighted by atomic mass is 19.4. The number of benzene rings is 3. The van der Waals surface area contributed by atoms with Gasteiger partial charge in [0.25, 0.3) is 0 Å². The molecule has 0 saturated heterocycles. The molecule has 172 valence electrons. The summed E-state index contributed by atoms with van der Waals surface area (Å²) in [5, 5.41) is 9.09. The van der Waals surface area contributed by atoms with Crippen LogP contribution in [0.2, 0.25) is 0 Å². The zero-order chi connectivity index (χ0) is 23.6. The standard InChI is InChI=1S/C27H25F3O3/c1-2-17(16-26(31)32)18-7-12-23(13-8-18)33-25-14-9-20-3-4-21(15-24(20)25)19-5-10-22(11-6-19)27(28,29)30/h3-8,10-13,15,17,25H,2,9,14,16H2,1H3,(H,31,32)/t17-,25?/m0/s1. The third-order valence-electron chi connectivity index (χ3n) is 6.26. The molecule has 1 unspecified atom stereocenters. The third kappa shape index (κ3) is 5.21. The summed E-state index contributed by atoms with van der Waals surface area (Å²) in [5.74, 6) is -0.134. The molecule has 0 aliphatic heterocycles. The fourth-order valence-corrected chi connectivity index (χ4v) is 4.41. The van der Waals surface area contributed by atoms with E-state index < -0.39 is 17.7 Å². The molecule has 0 aromatic heterocycles. The number of ether oxygens (including phenoxy) is 1. The smallest absolute Gasteiger partial charge is 0.416 e. The van der Waals surface area contributed by atoms with Gasteiger partial charge in [-0.15, -0.1) is 0 Å². The maximum absolute atomic E-state index is 12.9. The van der Waals surface area contributed by atoms with Gasteiger partial charge in [-0.1, -0.05) is 43.3 Å². The van der Waals surface area contributed by atoms with Crippen molar-refractivity contribution in [2.75, 3.05) is 0 Å². The minimum Gasteiger partial charge on any atom is -0.486 e. The van der Waals surface area contributed by atoms with Crippen molar-refractivity contribution in [2.45, 2.75) is 50.8 Å². The van der Waals surface area contributed by atoms with Crippen LogP contribution in [-0.2, 0) is 17.4 Å². The number of hydrogen-bond donors (Lipinski definition) is 1. The summed E-state index contributed by atoms with van der Waals surface area (Å²) in [7, 11) is 0. The van der Waals surface area contributed by atoms with Gasteiger partial charge in [0.2, 0.25) is 0 Å². The van der Waals surface area contributed by atoms with Gasteiger partial charge in [0.15, 0.2) is 0 Å². The highest BCUT2D eigenvalue weighted by Crippen LogP contribution is 2.38. The molecule has 0 saturated carbocycles. The van der Waals surface area contributed by atoms with Crippen LogP contribution in [0.3, 0.4) is 0 Å². The van der Waals surface area contributed by atoms with Crippen LogP contribution in [-0.4, -0.2) is 11.1 Å². The van der Waals surface area contributed by atoms with Crippen LogP contribution in [0.5, 0.6) is 5.75 Å². The van der Waals surface area contributed by atoms with E-state index >= 15 is 0 Å². The first-order valence-electron chi connectivity index (χ1n) is 11.0. The predicted molar refractivity (Wildman–Crippen MR) is 120 cm³/mol. The molecule has 1 aliphatic rings. The first-order valence-corrected chi connectivity index (χ1v) is 11.0. The quantitative estimate of drug-likeness (QED) is 0.404. The fourth-order valence-electron chi connectivity index (χ4n) is 4.41. The molecule has 3 aromatic carbocycles. The minimum atomic E-state index is -4.35. The lowest BCUT2D eigenvalue weighted by atomic mass is 9.93. The molecule has 3 nitrogen and oxygen atoms in total. The van der Waals surface area contributed by atoms with Gasteiger partial charge in [-0.3, -0.25) is 4.79 Å². The number of aryl methyl sites for hydroxylation is 1. The molecule has 1 aliphatic carbocycles. The van der Waals surface area contributed by atoms with Crippen LogP contribution in [0.15, 0.2) is 66.7 Å². The maximum atomic E-state index is 12.9. The molecule has 3 aromatic rings. The first kappa shape index (κ1) is 22.9. The van der Waals surface area contributed by atoms with Gasteiger partial charge in [0, 0.05) is 0 Å². The van der Waals surface area contributed by atoms with Crippen molar-refractivity contribution in [3.8, 4) is 16.9 Å². The van der Waals surface area contributed by atoms with Gasteiger partial charge in [-0.05, 0) is 83.3 Å². The summed E-state index contributed by atoms with van der Waals surface area (Å²) in [6, 6.07) is 18.7. The van der Waals surface area contributed by atoms with Crippen molar-refractivity contribution in [2.24, 2.45) is 0 Å². The molecular formula is C27H25F3O3. The summed E-state index contributed by atoms with van der Waals surface area (Å²) in [6.07, 6.45) is -1.95. The zero-order valence-corrected chi connectivity index (χ0v) is 18.2. The van der Waals surface area contributed by atoms with Gasteiger partial charge < -0.3 is 9.84 Å². The first-order chi connectivity index (χ1) is 15.7. The molecule has 6 heteroatoms. The molecule has 33 heavy (non-hydrogen) atoms. The van der Waals surface area contributed by atoms with Crippen molar-refractivity contribution in [1.29, 1.82) is 0 Å². The Kier molecular flexibility index (Phi) is 6.45. The molecule has 0 amide bonds. The number of rotatable bonds is 7. The van der Waals surface area contributed by atoms with Gasteiger partial charge in [0.1, 0.15) is 11.9 Å². The van der Waals surface area contributed by atoms with Crippen molar-refractivity contribution in [1.82, 2.24) is 0 Å². The van der Waals surface area contributed by atoms with Gasteiger partial charge in [-0.2, -0.15) is 13.2 Å². The minimum absolute atomic E-state index is 0.0324. The summed E-state index contributed by atoms with van der Waals surface area (Å²) in [6.45, 7) is 1.97. The zero-order valence-electron chi connectivity index (χ0n) is 18.2. The number of alkyl halides is 3. The van der Waals surface area contributed by atoms with Crippen LogP contribution in [0.1, 0.15) is 60.5 Å². The van der Waals surface area contributed by atoms with E-state index in [4.69, 9.17) is 9.84 Å². The van der Waals surface area contributed by atoms with E-state index in [1.807, 2.05) is 49.4 Å². The van der Waals surface area contributed by atoms with E-state index in [1.54, 1.807) is 0 Å². The fraction of sp³-hybridized carbons (Fsp3) is 0.296. The Morgan fingerprint density at radius 1 is 1.03 bits per heavy atom. The molecule has 4 rings (SSSR count).